The highest BCUT2D eigenvalue weighted by Gasteiger charge is 2.00. The van der Waals surface area contributed by atoms with E-state index in [-0.39, 0.29) is 0 Å². The van der Waals surface area contributed by atoms with Crippen molar-refractivity contribution in [2.75, 3.05) is 0 Å². The molecule has 2 heterocycles. The van der Waals surface area contributed by atoms with Gasteiger partial charge in [-0.05, 0) is 0 Å². The summed E-state index contributed by atoms with van der Waals surface area (Å²) < 4.78 is 0. The molecule has 0 fully saturated rings. The van der Waals surface area contributed by atoms with Gasteiger partial charge in [0.15, 0.2) is 0 Å². The molecule has 0 saturated carbocycles. The summed E-state index contributed by atoms with van der Waals surface area (Å²) in [7, 11) is 0. The summed E-state index contributed by atoms with van der Waals surface area (Å²) in [6.45, 7) is 0. The first-order chi connectivity index (χ1) is 6.34. The molecule has 0 aliphatic rings. The van der Waals surface area contributed by atoms with E-state index in [1.165, 1.54) is 6.20 Å². The predicted molar refractivity (Wildman–Crippen MR) is 52.0 cm³/mol. The van der Waals surface area contributed by atoms with E-state index >= 15 is 0 Å². The van der Waals surface area contributed by atoms with Crippen molar-refractivity contribution in [3.63, 3.8) is 0 Å². The van der Waals surface area contributed by atoms with E-state index in [0.717, 1.165) is 10.7 Å². The normalized spacial score (nSPS) is 10.2. The van der Waals surface area contributed by atoms with Crippen LogP contribution in [0.3, 0.4) is 0 Å². The fourth-order valence-corrected chi connectivity index (χ4v) is 1.76. The molecule has 0 spiro atoms. The molecular formula is C8H6ClN3S. The zero-order valence-corrected chi connectivity index (χ0v) is 8.22. The number of hydrogen-bond acceptors (Lipinski definition) is 4. The zero-order chi connectivity index (χ0) is 9.10. The highest BCUT2D eigenvalue weighted by molar-refractivity contribution is 7.09. The first-order valence-electron chi connectivity index (χ1n) is 3.69. The number of halogens is 1. The minimum absolute atomic E-state index is 0.425. The lowest BCUT2D eigenvalue weighted by atomic mass is 10.3. The molecular weight excluding hydrogens is 206 g/mol. The summed E-state index contributed by atoms with van der Waals surface area (Å²) in [5.74, 6) is 0. The van der Waals surface area contributed by atoms with Gasteiger partial charge in [0.2, 0.25) is 0 Å². The second-order valence-corrected chi connectivity index (χ2v) is 3.80. The first-order valence-corrected chi connectivity index (χ1v) is 4.95. The quantitative estimate of drug-likeness (QED) is 0.764. The van der Waals surface area contributed by atoms with Gasteiger partial charge in [-0.3, -0.25) is 4.98 Å². The van der Waals surface area contributed by atoms with Gasteiger partial charge in [-0.2, -0.15) is 0 Å². The van der Waals surface area contributed by atoms with Gasteiger partial charge in [0.05, 0.1) is 16.9 Å². The summed E-state index contributed by atoms with van der Waals surface area (Å²) >= 11 is 7.30. The lowest BCUT2D eigenvalue weighted by Crippen LogP contribution is -1.92. The van der Waals surface area contributed by atoms with Crippen LogP contribution in [0.25, 0.3) is 0 Å². The van der Waals surface area contributed by atoms with Crippen molar-refractivity contribution in [2.24, 2.45) is 0 Å². The molecule has 0 aromatic carbocycles. The molecule has 0 saturated heterocycles. The van der Waals surface area contributed by atoms with Gasteiger partial charge in [0.1, 0.15) is 5.15 Å². The van der Waals surface area contributed by atoms with Gasteiger partial charge < -0.3 is 0 Å². The number of hydrogen-bond donors (Lipinski definition) is 0. The third-order valence-corrected chi connectivity index (χ3v) is 2.43. The number of rotatable bonds is 2. The molecule has 2 aromatic heterocycles. The molecule has 0 aliphatic heterocycles. The largest absolute Gasteiger partial charge is 0.260 e. The molecule has 0 aliphatic carbocycles. The molecule has 2 rings (SSSR count). The topological polar surface area (TPSA) is 38.7 Å². The lowest BCUT2D eigenvalue weighted by Gasteiger charge is -1.95. The maximum absolute atomic E-state index is 5.69. The predicted octanol–water partition coefficient (Wildman–Crippen LogP) is 2.18. The second kappa shape index (κ2) is 3.81. The lowest BCUT2D eigenvalue weighted by molar-refractivity contribution is 1.02. The maximum atomic E-state index is 5.69. The molecule has 0 atom stereocenters. The summed E-state index contributed by atoms with van der Waals surface area (Å²) in [5, 5.41) is 3.39. The van der Waals surface area contributed by atoms with E-state index in [1.807, 2.05) is 5.38 Å². The van der Waals surface area contributed by atoms with Gasteiger partial charge in [-0.1, -0.05) is 11.6 Å². The van der Waals surface area contributed by atoms with E-state index < -0.39 is 0 Å². The van der Waals surface area contributed by atoms with E-state index in [1.54, 1.807) is 23.7 Å². The van der Waals surface area contributed by atoms with Crippen molar-refractivity contribution in [3.05, 3.63) is 39.8 Å². The minimum Gasteiger partial charge on any atom is -0.260 e. The van der Waals surface area contributed by atoms with E-state index in [2.05, 4.69) is 15.0 Å². The number of thiazole rings is 1. The van der Waals surface area contributed by atoms with E-state index in [9.17, 15) is 0 Å². The molecule has 2 aromatic rings. The molecule has 0 unspecified atom stereocenters. The molecule has 5 heteroatoms. The Morgan fingerprint density at radius 3 is 3.00 bits per heavy atom. The Bertz CT molecular complexity index is 388. The Kier molecular flexibility index (Phi) is 2.52. The summed E-state index contributed by atoms with van der Waals surface area (Å²) in [4.78, 5) is 12.2. The van der Waals surface area contributed by atoms with Crippen LogP contribution in [0.15, 0.2) is 24.0 Å². The Hall–Kier alpha value is -1.00. The van der Waals surface area contributed by atoms with Crippen LogP contribution in [0.1, 0.15) is 10.7 Å². The van der Waals surface area contributed by atoms with Gasteiger partial charge in [-0.25, -0.2) is 9.97 Å². The molecule has 0 bridgehead atoms. The average Bonchev–Trinajstić information content (AvgIpc) is 2.57. The maximum Gasteiger partial charge on any atom is 0.147 e. The third kappa shape index (κ3) is 2.23. The van der Waals surface area contributed by atoms with Crippen LogP contribution in [0.5, 0.6) is 0 Å². The third-order valence-electron chi connectivity index (χ3n) is 1.47. The second-order valence-electron chi connectivity index (χ2n) is 2.44. The number of nitrogens with zero attached hydrogens (tertiary/aromatic N) is 3. The van der Waals surface area contributed by atoms with Gasteiger partial charge in [0, 0.05) is 24.2 Å². The van der Waals surface area contributed by atoms with Crippen molar-refractivity contribution in [2.45, 2.75) is 6.42 Å². The van der Waals surface area contributed by atoms with Crippen molar-refractivity contribution in [3.8, 4) is 0 Å². The zero-order valence-electron chi connectivity index (χ0n) is 6.64. The minimum atomic E-state index is 0.425. The molecule has 13 heavy (non-hydrogen) atoms. The summed E-state index contributed by atoms with van der Waals surface area (Å²) in [6.07, 6.45) is 5.70. The number of aromatic nitrogens is 3. The standard InChI is InChI=1S/C8H6ClN3S/c9-7-5-10-4-6(12-7)3-8-11-1-2-13-8/h1-2,4-5H,3H2. The van der Waals surface area contributed by atoms with Crippen molar-refractivity contribution in [1.29, 1.82) is 0 Å². The summed E-state index contributed by atoms with van der Waals surface area (Å²) in [6, 6.07) is 0. The fourth-order valence-electron chi connectivity index (χ4n) is 0.960. The van der Waals surface area contributed by atoms with Crippen LogP contribution in [0.2, 0.25) is 5.15 Å². The smallest absolute Gasteiger partial charge is 0.147 e. The van der Waals surface area contributed by atoms with E-state index in [0.29, 0.717) is 11.6 Å². The average molecular weight is 212 g/mol. The molecule has 0 amide bonds. The molecule has 3 nitrogen and oxygen atoms in total. The monoisotopic (exact) mass is 211 g/mol. The SMILES string of the molecule is Clc1cncc(Cc2nccs2)n1. The van der Waals surface area contributed by atoms with Gasteiger partial charge in [0.25, 0.3) is 0 Å². The van der Waals surface area contributed by atoms with Crippen molar-refractivity contribution < 1.29 is 0 Å². The van der Waals surface area contributed by atoms with Gasteiger partial charge in [-0.15, -0.1) is 11.3 Å². The van der Waals surface area contributed by atoms with Crippen LogP contribution >= 0.6 is 22.9 Å². The van der Waals surface area contributed by atoms with Crippen LogP contribution in [-0.4, -0.2) is 15.0 Å². The Morgan fingerprint density at radius 1 is 1.38 bits per heavy atom. The van der Waals surface area contributed by atoms with Crippen LogP contribution < -0.4 is 0 Å². The van der Waals surface area contributed by atoms with Crippen molar-refractivity contribution >= 4 is 22.9 Å². The fraction of sp³-hybridized carbons (Fsp3) is 0.125. The molecule has 0 radical (unpaired) electrons. The van der Waals surface area contributed by atoms with Gasteiger partial charge >= 0.3 is 0 Å². The summed E-state index contributed by atoms with van der Waals surface area (Å²) in [5.41, 5.74) is 0.849. The molecule has 0 N–H and O–H groups in total. The Morgan fingerprint density at radius 2 is 2.31 bits per heavy atom. The van der Waals surface area contributed by atoms with Crippen LogP contribution in [-0.2, 0) is 6.42 Å². The Labute approximate surface area is 84.5 Å². The molecule has 66 valence electrons. The van der Waals surface area contributed by atoms with E-state index in [4.69, 9.17) is 11.6 Å². The van der Waals surface area contributed by atoms with Crippen molar-refractivity contribution in [1.82, 2.24) is 15.0 Å². The highest BCUT2D eigenvalue weighted by Crippen LogP contribution is 2.10. The highest BCUT2D eigenvalue weighted by atomic mass is 35.5. The van der Waals surface area contributed by atoms with Crippen LogP contribution in [0.4, 0.5) is 0 Å². The Balaban J connectivity index is 2.19. The van der Waals surface area contributed by atoms with Crippen LogP contribution in [0, 0.1) is 0 Å². The first kappa shape index (κ1) is 8.59.